The molecule has 2 unspecified atom stereocenters. The molecule has 1 aliphatic carbocycles. The Morgan fingerprint density at radius 3 is 2.88 bits per heavy atom. The van der Waals surface area contributed by atoms with Crippen molar-refractivity contribution >= 4 is 15.9 Å². The van der Waals surface area contributed by atoms with Crippen LogP contribution in [0.5, 0.6) is 11.5 Å². The normalized spacial score (nSPS) is 23.4. The predicted molar refractivity (Wildman–Crippen MR) is 107 cm³/mol. The van der Waals surface area contributed by atoms with E-state index in [1.54, 1.807) is 0 Å². The number of phenolic OH excluding ortho intramolecular Hbond substituents is 1. The van der Waals surface area contributed by atoms with Gasteiger partial charge in [0.1, 0.15) is 17.1 Å². The SMILES string of the molecule is CC1=CCC2C(C1)c1c(O)cc(CC#CCCCBr)cc1OC2(C)C. The molecule has 1 heterocycles. The number of halogens is 1. The van der Waals surface area contributed by atoms with Crippen molar-refractivity contribution in [1.29, 1.82) is 0 Å². The van der Waals surface area contributed by atoms with Crippen LogP contribution in [0.3, 0.4) is 0 Å². The molecule has 0 saturated carbocycles. The molecule has 0 radical (unpaired) electrons. The van der Waals surface area contributed by atoms with Crippen molar-refractivity contribution in [2.75, 3.05) is 5.33 Å². The molecule has 0 spiro atoms. The van der Waals surface area contributed by atoms with Crippen LogP contribution in [-0.4, -0.2) is 16.0 Å². The summed E-state index contributed by atoms with van der Waals surface area (Å²) in [5.74, 6) is 8.36. The summed E-state index contributed by atoms with van der Waals surface area (Å²) in [5.41, 5.74) is 3.21. The molecule has 0 aromatic heterocycles. The third kappa shape index (κ3) is 3.90. The second kappa shape index (κ2) is 7.46. The first-order valence-corrected chi connectivity index (χ1v) is 10.3. The Bertz CT molecular complexity index is 736. The van der Waals surface area contributed by atoms with Gasteiger partial charge in [0.05, 0.1) is 0 Å². The number of hydrogen-bond acceptors (Lipinski definition) is 2. The highest BCUT2D eigenvalue weighted by Crippen LogP contribution is 2.54. The smallest absolute Gasteiger partial charge is 0.127 e. The van der Waals surface area contributed by atoms with Crippen molar-refractivity contribution in [3.05, 3.63) is 34.9 Å². The number of phenols is 1. The first-order valence-electron chi connectivity index (χ1n) is 9.14. The van der Waals surface area contributed by atoms with E-state index >= 15 is 0 Å². The number of alkyl halides is 1. The van der Waals surface area contributed by atoms with E-state index in [-0.39, 0.29) is 5.60 Å². The van der Waals surface area contributed by atoms with Crippen molar-refractivity contribution < 1.29 is 9.84 Å². The second-order valence-corrected chi connectivity index (χ2v) is 8.55. The molecule has 0 amide bonds. The molecule has 134 valence electrons. The molecule has 0 fully saturated rings. The lowest BCUT2D eigenvalue weighted by Gasteiger charge is -2.47. The van der Waals surface area contributed by atoms with Crippen molar-refractivity contribution in [3.8, 4) is 23.3 Å². The van der Waals surface area contributed by atoms with Gasteiger partial charge in [0, 0.05) is 35.6 Å². The Morgan fingerprint density at radius 2 is 2.12 bits per heavy atom. The summed E-state index contributed by atoms with van der Waals surface area (Å²) in [5, 5.41) is 11.7. The number of allylic oxidation sites excluding steroid dienone is 2. The lowest BCUT2D eigenvalue weighted by Crippen LogP contribution is -2.45. The van der Waals surface area contributed by atoms with Gasteiger partial charge in [0.25, 0.3) is 0 Å². The van der Waals surface area contributed by atoms with Gasteiger partial charge in [-0.05, 0) is 57.7 Å². The summed E-state index contributed by atoms with van der Waals surface area (Å²) in [6, 6.07) is 3.96. The zero-order chi connectivity index (χ0) is 18.0. The zero-order valence-corrected chi connectivity index (χ0v) is 16.9. The maximum Gasteiger partial charge on any atom is 0.127 e. The van der Waals surface area contributed by atoms with Crippen molar-refractivity contribution in [2.45, 2.75) is 64.4 Å². The highest BCUT2D eigenvalue weighted by molar-refractivity contribution is 9.09. The average Bonchev–Trinajstić information content (AvgIpc) is 2.53. The fraction of sp³-hybridized carbons (Fsp3) is 0.545. The number of ether oxygens (including phenoxy) is 1. The van der Waals surface area contributed by atoms with Gasteiger partial charge in [-0.1, -0.05) is 33.5 Å². The van der Waals surface area contributed by atoms with E-state index in [0.717, 1.165) is 47.9 Å². The quantitative estimate of drug-likeness (QED) is 0.303. The summed E-state index contributed by atoms with van der Waals surface area (Å²) >= 11 is 3.42. The maximum absolute atomic E-state index is 10.7. The fourth-order valence-corrected chi connectivity index (χ4v) is 4.41. The largest absolute Gasteiger partial charge is 0.508 e. The van der Waals surface area contributed by atoms with Gasteiger partial charge in [0.15, 0.2) is 0 Å². The Hall–Kier alpha value is -1.40. The number of unbranched alkanes of at least 4 members (excludes halogenated alkanes) is 1. The minimum absolute atomic E-state index is 0.221. The van der Waals surface area contributed by atoms with Crippen molar-refractivity contribution in [2.24, 2.45) is 5.92 Å². The Balaban J connectivity index is 1.90. The Labute approximate surface area is 159 Å². The van der Waals surface area contributed by atoms with Crippen molar-refractivity contribution in [1.82, 2.24) is 0 Å². The number of fused-ring (bicyclic) bond motifs is 3. The predicted octanol–water partition coefficient (Wildman–Crippen LogP) is 5.72. The molecule has 2 aliphatic rings. The van der Waals surface area contributed by atoms with Gasteiger partial charge in [-0.25, -0.2) is 0 Å². The lowest BCUT2D eigenvalue weighted by atomic mass is 9.67. The lowest BCUT2D eigenvalue weighted by molar-refractivity contribution is 0.00754. The minimum atomic E-state index is -0.221. The number of benzene rings is 1. The van der Waals surface area contributed by atoms with Gasteiger partial charge >= 0.3 is 0 Å². The number of aromatic hydroxyl groups is 1. The summed E-state index contributed by atoms with van der Waals surface area (Å²) in [7, 11) is 0. The van der Waals surface area contributed by atoms with Crippen LogP contribution in [0.15, 0.2) is 23.8 Å². The van der Waals surface area contributed by atoms with Crippen molar-refractivity contribution in [3.63, 3.8) is 0 Å². The molecule has 1 aromatic carbocycles. The fourth-order valence-electron chi connectivity index (χ4n) is 4.13. The molecule has 0 bridgehead atoms. The summed E-state index contributed by atoms with van der Waals surface area (Å²) in [6.45, 7) is 6.53. The average molecular weight is 403 g/mol. The van der Waals surface area contributed by atoms with Crippen LogP contribution >= 0.6 is 15.9 Å². The van der Waals surface area contributed by atoms with Gasteiger partial charge in [-0.2, -0.15) is 0 Å². The Kier molecular flexibility index (Phi) is 5.49. The van der Waals surface area contributed by atoms with Gasteiger partial charge in [0.2, 0.25) is 0 Å². The first kappa shape index (κ1) is 18.4. The van der Waals surface area contributed by atoms with Crippen LogP contribution in [0.1, 0.15) is 63.5 Å². The minimum Gasteiger partial charge on any atom is -0.508 e. The third-order valence-corrected chi connectivity index (χ3v) is 5.98. The molecule has 3 rings (SSSR count). The molecule has 1 N–H and O–H groups in total. The van der Waals surface area contributed by atoms with Crippen LogP contribution in [0.25, 0.3) is 0 Å². The third-order valence-electron chi connectivity index (χ3n) is 5.42. The van der Waals surface area contributed by atoms with Crippen LogP contribution in [0.4, 0.5) is 0 Å². The summed E-state index contributed by atoms with van der Waals surface area (Å²) < 4.78 is 6.35. The van der Waals surface area contributed by atoms with E-state index in [0.29, 0.717) is 24.0 Å². The van der Waals surface area contributed by atoms with E-state index in [4.69, 9.17) is 4.74 Å². The molecule has 1 aliphatic heterocycles. The summed E-state index contributed by atoms with van der Waals surface area (Å²) in [6.07, 6.45) is 6.97. The standard InChI is InChI=1S/C22H27BrO2/c1-15-9-10-18-17(12-15)21-19(24)13-16(8-6-4-5-7-11-23)14-20(21)25-22(18,2)3/h9,13-14,17-18,24H,5,7-8,10-12H2,1-3H3. The molecule has 2 atom stereocenters. The molecular formula is C22H27BrO2. The van der Waals surface area contributed by atoms with E-state index in [2.05, 4.69) is 60.7 Å². The highest BCUT2D eigenvalue weighted by Gasteiger charge is 2.45. The molecule has 2 nitrogen and oxygen atoms in total. The van der Waals surface area contributed by atoms with Crippen LogP contribution < -0.4 is 4.74 Å². The molecule has 25 heavy (non-hydrogen) atoms. The summed E-state index contributed by atoms with van der Waals surface area (Å²) in [4.78, 5) is 0. The number of hydrogen-bond donors (Lipinski definition) is 1. The highest BCUT2D eigenvalue weighted by atomic mass is 79.9. The number of rotatable bonds is 3. The maximum atomic E-state index is 10.7. The molecule has 1 aromatic rings. The van der Waals surface area contributed by atoms with E-state index in [1.165, 1.54) is 5.57 Å². The van der Waals surface area contributed by atoms with E-state index in [1.807, 2.05) is 6.07 Å². The molecule has 3 heteroatoms. The van der Waals surface area contributed by atoms with Gasteiger partial charge in [-0.3, -0.25) is 0 Å². The van der Waals surface area contributed by atoms with E-state index < -0.39 is 0 Å². The van der Waals surface area contributed by atoms with E-state index in [9.17, 15) is 5.11 Å². The first-order chi connectivity index (χ1) is 11.9. The van der Waals surface area contributed by atoms with Gasteiger partial charge < -0.3 is 9.84 Å². The Morgan fingerprint density at radius 1 is 1.32 bits per heavy atom. The van der Waals surface area contributed by atoms with Crippen LogP contribution in [0.2, 0.25) is 0 Å². The zero-order valence-electron chi connectivity index (χ0n) is 15.4. The van der Waals surface area contributed by atoms with Crippen LogP contribution in [-0.2, 0) is 6.42 Å². The van der Waals surface area contributed by atoms with Gasteiger partial charge in [-0.15, -0.1) is 5.92 Å². The topological polar surface area (TPSA) is 29.5 Å². The second-order valence-electron chi connectivity index (χ2n) is 7.76. The monoisotopic (exact) mass is 402 g/mol. The molecule has 0 saturated heterocycles. The molecular weight excluding hydrogens is 376 g/mol. The van der Waals surface area contributed by atoms with Crippen LogP contribution in [0, 0.1) is 17.8 Å².